The lowest BCUT2D eigenvalue weighted by Crippen LogP contribution is -1.91. The van der Waals surface area contributed by atoms with Crippen LogP contribution in [-0.4, -0.2) is 9.97 Å². The van der Waals surface area contributed by atoms with Crippen molar-refractivity contribution in [3.8, 4) is 11.6 Å². The Morgan fingerprint density at radius 3 is 2.58 bits per heavy atom. The molecule has 19 heavy (non-hydrogen) atoms. The van der Waals surface area contributed by atoms with Crippen LogP contribution in [0, 0.1) is 0 Å². The van der Waals surface area contributed by atoms with Gasteiger partial charge in [0.25, 0.3) is 0 Å². The minimum absolute atomic E-state index is 0.442. The molecule has 0 saturated carbocycles. The average Bonchev–Trinajstić information content (AvgIpc) is 2.43. The lowest BCUT2D eigenvalue weighted by atomic mass is 10.2. The fourth-order valence-corrected chi connectivity index (χ4v) is 2.00. The van der Waals surface area contributed by atoms with E-state index in [2.05, 4.69) is 9.97 Å². The van der Waals surface area contributed by atoms with E-state index in [0.29, 0.717) is 21.7 Å². The Bertz CT molecular complexity index is 741. The van der Waals surface area contributed by atoms with E-state index in [1.807, 2.05) is 24.3 Å². The van der Waals surface area contributed by atoms with E-state index in [-0.39, 0.29) is 0 Å². The second-order valence-electron chi connectivity index (χ2n) is 3.87. The molecule has 1 aromatic heterocycles. The van der Waals surface area contributed by atoms with Crippen LogP contribution in [0.25, 0.3) is 10.9 Å². The smallest absolute Gasteiger partial charge is 0.230 e. The minimum Gasteiger partial charge on any atom is -0.438 e. The number of aromatic nitrogens is 2. The van der Waals surface area contributed by atoms with E-state index >= 15 is 0 Å². The maximum absolute atomic E-state index is 5.95. The number of nitrogens with zero attached hydrogens (tertiary/aromatic N) is 2. The van der Waals surface area contributed by atoms with E-state index in [9.17, 15) is 0 Å². The van der Waals surface area contributed by atoms with Crippen molar-refractivity contribution in [1.29, 1.82) is 0 Å². The zero-order chi connectivity index (χ0) is 13.2. The van der Waals surface area contributed by atoms with E-state index in [1.165, 1.54) is 6.33 Å². The number of para-hydroxylation sites is 1. The molecule has 2 aromatic carbocycles. The summed E-state index contributed by atoms with van der Waals surface area (Å²) in [6.45, 7) is 0. The molecule has 0 amide bonds. The van der Waals surface area contributed by atoms with Crippen LogP contribution in [0.3, 0.4) is 0 Å². The summed E-state index contributed by atoms with van der Waals surface area (Å²) in [5.41, 5.74) is 0.826. The number of halogens is 2. The molecule has 5 heteroatoms. The molecule has 3 nitrogen and oxygen atoms in total. The number of hydrogen-bond acceptors (Lipinski definition) is 3. The second kappa shape index (κ2) is 5.03. The molecule has 0 atom stereocenters. The van der Waals surface area contributed by atoms with Crippen LogP contribution >= 0.6 is 23.2 Å². The van der Waals surface area contributed by atoms with Crippen molar-refractivity contribution in [2.45, 2.75) is 0 Å². The van der Waals surface area contributed by atoms with Gasteiger partial charge in [-0.05, 0) is 24.3 Å². The number of benzene rings is 2. The van der Waals surface area contributed by atoms with E-state index in [0.717, 1.165) is 10.9 Å². The largest absolute Gasteiger partial charge is 0.438 e. The first-order chi connectivity index (χ1) is 9.24. The predicted molar refractivity (Wildman–Crippen MR) is 76.1 cm³/mol. The zero-order valence-electron chi connectivity index (χ0n) is 9.68. The van der Waals surface area contributed by atoms with Crippen molar-refractivity contribution in [2.75, 3.05) is 0 Å². The van der Waals surface area contributed by atoms with Crippen molar-refractivity contribution < 1.29 is 4.74 Å². The molecule has 0 aliphatic rings. The Labute approximate surface area is 119 Å². The highest BCUT2D eigenvalue weighted by Gasteiger charge is 2.06. The molecular formula is C14H8Cl2N2O. The third kappa shape index (κ3) is 2.48. The van der Waals surface area contributed by atoms with Gasteiger partial charge in [-0.3, -0.25) is 0 Å². The van der Waals surface area contributed by atoms with Gasteiger partial charge in [0.05, 0.1) is 20.9 Å². The highest BCUT2D eigenvalue weighted by molar-refractivity contribution is 6.42. The molecule has 0 aliphatic carbocycles. The Kier molecular flexibility index (Phi) is 3.23. The summed E-state index contributed by atoms with van der Waals surface area (Å²) in [7, 11) is 0. The Balaban J connectivity index is 2.03. The molecule has 0 unspecified atom stereocenters. The summed E-state index contributed by atoms with van der Waals surface area (Å²) in [6.07, 6.45) is 1.47. The molecule has 0 N–H and O–H groups in total. The number of rotatable bonds is 2. The highest BCUT2D eigenvalue weighted by Crippen LogP contribution is 2.31. The number of fused-ring (bicyclic) bond motifs is 1. The standard InChI is InChI=1S/C14H8Cl2N2O/c15-11-6-5-9(7-12(11)16)19-14-10-3-1-2-4-13(10)17-8-18-14/h1-8H. The summed E-state index contributed by atoms with van der Waals surface area (Å²) in [5.74, 6) is 1.07. The number of ether oxygens (including phenoxy) is 1. The molecule has 0 spiro atoms. The predicted octanol–water partition coefficient (Wildman–Crippen LogP) is 4.73. The van der Waals surface area contributed by atoms with Gasteiger partial charge >= 0.3 is 0 Å². The van der Waals surface area contributed by atoms with Crippen LogP contribution in [0.1, 0.15) is 0 Å². The fraction of sp³-hybridized carbons (Fsp3) is 0. The Hall–Kier alpha value is -1.84. The quantitative estimate of drug-likeness (QED) is 0.684. The topological polar surface area (TPSA) is 35.0 Å². The average molecular weight is 291 g/mol. The molecule has 0 bridgehead atoms. The zero-order valence-corrected chi connectivity index (χ0v) is 11.2. The molecule has 0 saturated heterocycles. The molecule has 0 aliphatic heterocycles. The molecule has 3 aromatic rings. The molecule has 1 heterocycles. The lowest BCUT2D eigenvalue weighted by Gasteiger charge is -2.07. The van der Waals surface area contributed by atoms with Crippen LogP contribution in [0.2, 0.25) is 10.0 Å². The first-order valence-electron chi connectivity index (χ1n) is 5.57. The maximum atomic E-state index is 5.95. The van der Waals surface area contributed by atoms with Gasteiger partial charge in [0.15, 0.2) is 0 Å². The summed E-state index contributed by atoms with van der Waals surface area (Å²) in [4.78, 5) is 8.32. The molecule has 94 valence electrons. The van der Waals surface area contributed by atoms with Crippen LogP contribution < -0.4 is 4.74 Å². The van der Waals surface area contributed by atoms with Gasteiger partial charge in [0.1, 0.15) is 12.1 Å². The molecule has 3 rings (SSSR count). The monoisotopic (exact) mass is 290 g/mol. The van der Waals surface area contributed by atoms with Crippen molar-refractivity contribution in [3.05, 3.63) is 58.8 Å². The summed E-state index contributed by atoms with van der Waals surface area (Å²) < 4.78 is 5.73. The van der Waals surface area contributed by atoms with Crippen LogP contribution in [0.15, 0.2) is 48.8 Å². The third-order valence-electron chi connectivity index (χ3n) is 2.61. The molecule has 0 fully saturated rings. The summed E-state index contributed by atoms with van der Waals surface area (Å²) in [6, 6.07) is 12.7. The minimum atomic E-state index is 0.442. The number of hydrogen-bond donors (Lipinski definition) is 0. The lowest BCUT2D eigenvalue weighted by molar-refractivity contribution is 0.468. The van der Waals surface area contributed by atoms with Crippen molar-refractivity contribution in [3.63, 3.8) is 0 Å². The van der Waals surface area contributed by atoms with Crippen LogP contribution in [0.5, 0.6) is 11.6 Å². The molecule has 0 radical (unpaired) electrons. The SMILES string of the molecule is Clc1ccc(Oc2ncnc3ccccc23)cc1Cl. The van der Waals surface area contributed by atoms with Crippen molar-refractivity contribution in [2.24, 2.45) is 0 Å². The Morgan fingerprint density at radius 2 is 1.74 bits per heavy atom. The van der Waals surface area contributed by atoms with Crippen molar-refractivity contribution >= 4 is 34.1 Å². The maximum Gasteiger partial charge on any atom is 0.230 e. The van der Waals surface area contributed by atoms with Crippen molar-refractivity contribution in [1.82, 2.24) is 9.97 Å². The third-order valence-corrected chi connectivity index (χ3v) is 3.35. The Morgan fingerprint density at radius 1 is 0.895 bits per heavy atom. The summed E-state index contributed by atoms with van der Waals surface area (Å²) >= 11 is 11.8. The van der Waals surface area contributed by atoms with Gasteiger partial charge in [-0.1, -0.05) is 35.3 Å². The van der Waals surface area contributed by atoms with Gasteiger partial charge in [-0.25, -0.2) is 9.97 Å². The van der Waals surface area contributed by atoms with E-state index in [1.54, 1.807) is 18.2 Å². The van der Waals surface area contributed by atoms with Gasteiger partial charge < -0.3 is 4.74 Å². The van der Waals surface area contributed by atoms with E-state index < -0.39 is 0 Å². The van der Waals surface area contributed by atoms with Gasteiger partial charge in [0.2, 0.25) is 5.88 Å². The first-order valence-corrected chi connectivity index (χ1v) is 6.32. The van der Waals surface area contributed by atoms with Crippen LogP contribution in [0.4, 0.5) is 0 Å². The first kappa shape index (κ1) is 12.2. The fourth-order valence-electron chi connectivity index (χ4n) is 1.71. The highest BCUT2D eigenvalue weighted by atomic mass is 35.5. The second-order valence-corrected chi connectivity index (χ2v) is 4.69. The normalized spacial score (nSPS) is 10.6. The van der Waals surface area contributed by atoms with Gasteiger partial charge in [-0.15, -0.1) is 0 Å². The summed E-state index contributed by atoms with van der Waals surface area (Å²) in [5, 5.41) is 1.77. The van der Waals surface area contributed by atoms with Crippen LogP contribution in [-0.2, 0) is 0 Å². The van der Waals surface area contributed by atoms with Gasteiger partial charge in [-0.2, -0.15) is 0 Å². The van der Waals surface area contributed by atoms with Gasteiger partial charge in [0, 0.05) is 6.07 Å². The van der Waals surface area contributed by atoms with E-state index in [4.69, 9.17) is 27.9 Å². The molecular weight excluding hydrogens is 283 g/mol.